The Balaban J connectivity index is 1.85. The fraction of sp³-hybridized carbons (Fsp3) is 0.167. The van der Waals surface area contributed by atoms with Gasteiger partial charge in [-0.05, 0) is 53.6 Å². The molecule has 3 aromatic rings. The number of aliphatic imine (C=N–C) groups is 1. The summed E-state index contributed by atoms with van der Waals surface area (Å²) in [6.07, 6.45) is 0.363. The number of nitrogens with one attached hydrogen (secondary N) is 2. The van der Waals surface area contributed by atoms with Crippen LogP contribution in [-0.4, -0.2) is 41.9 Å². The van der Waals surface area contributed by atoms with Gasteiger partial charge < -0.3 is 32.4 Å². The van der Waals surface area contributed by atoms with Gasteiger partial charge in [0.05, 0.1) is 18.7 Å². The van der Waals surface area contributed by atoms with Crippen LogP contribution in [0.4, 0.5) is 5.69 Å². The number of amides is 1. The standard InChI is InChI=1S/C24H26N6O4/c25-21(32)10-8-19-18-7-3-16(22(26)27)13-15(18)4-9-20(19)34-23(33)14-1-5-17(6-2-14)30-24(28)29-11-12-31/h1-7,9,13,31H,8,10-12H2,(H2,25,32)(H3,26,27)(H3,28,29,30). The number of rotatable bonds is 9. The van der Waals surface area contributed by atoms with Gasteiger partial charge in [-0.3, -0.25) is 15.2 Å². The van der Waals surface area contributed by atoms with E-state index >= 15 is 0 Å². The number of nitrogens with two attached hydrogens (primary N) is 3. The van der Waals surface area contributed by atoms with E-state index in [-0.39, 0.29) is 37.8 Å². The maximum atomic E-state index is 12.8. The molecule has 34 heavy (non-hydrogen) atoms. The van der Waals surface area contributed by atoms with Crippen LogP contribution in [0.1, 0.15) is 27.9 Å². The number of nitrogen functional groups attached to an aromatic ring is 1. The zero-order valence-corrected chi connectivity index (χ0v) is 18.4. The number of guanidine groups is 1. The highest BCUT2D eigenvalue weighted by molar-refractivity contribution is 6.01. The SMILES string of the molecule is N=C(N)c1ccc2c(CCC(N)=O)c(OC(=O)c3ccc(NC(N)=NCCO)cc3)ccc2c1. The van der Waals surface area contributed by atoms with Crippen LogP contribution in [0.2, 0.25) is 0 Å². The Morgan fingerprint density at radius 1 is 1.00 bits per heavy atom. The molecule has 0 fully saturated rings. The summed E-state index contributed by atoms with van der Waals surface area (Å²) in [6.45, 7) is 0.0738. The van der Waals surface area contributed by atoms with Crippen LogP contribution in [0, 0.1) is 5.41 Å². The minimum Gasteiger partial charge on any atom is -0.423 e. The molecule has 1 amide bonds. The Labute approximate surface area is 195 Å². The predicted molar refractivity (Wildman–Crippen MR) is 131 cm³/mol. The molecule has 3 aromatic carbocycles. The van der Waals surface area contributed by atoms with Crippen LogP contribution >= 0.6 is 0 Å². The third-order valence-electron chi connectivity index (χ3n) is 5.00. The van der Waals surface area contributed by atoms with Crippen molar-refractivity contribution in [2.24, 2.45) is 22.2 Å². The second-order valence-corrected chi connectivity index (χ2v) is 7.44. The molecular weight excluding hydrogens is 436 g/mol. The van der Waals surface area contributed by atoms with Gasteiger partial charge in [0.15, 0.2) is 5.96 Å². The molecule has 10 nitrogen and oxygen atoms in total. The summed E-state index contributed by atoms with van der Waals surface area (Å²) in [7, 11) is 0. The first kappa shape index (κ1) is 24.2. The average Bonchev–Trinajstić information content (AvgIpc) is 2.81. The highest BCUT2D eigenvalue weighted by Crippen LogP contribution is 2.31. The van der Waals surface area contributed by atoms with Crippen LogP contribution < -0.4 is 27.3 Å². The summed E-state index contributed by atoms with van der Waals surface area (Å²) in [5, 5.41) is 20.9. The van der Waals surface area contributed by atoms with E-state index in [2.05, 4.69) is 10.3 Å². The van der Waals surface area contributed by atoms with E-state index in [1.807, 2.05) is 0 Å². The number of amidine groups is 1. The Hall–Kier alpha value is -4.44. The van der Waals surface area contributed by atoms with Crippen molar-refractivity contribution >= 4 is 40.1 Å². The molecule has 176 valence electrons. The predicted octanol–water partition coefficient (Wildman–Crippen LogP) is 1.48. The van der Waals surface area contributed by atoms with Gasteiger partial charge >= 0.3 is 5.97 Å². The average molecular weight is 463 g/mol. The van der Waals surface area contributed by atoms with Crippen molar-refractivity contribution in [2.45, 2.75) is 12.8 Å². The molecule has 0 aliphatic carbocycles. The summed E-state index contributed by atoms with van der Waals surface area (Å²) in [4.78, 5) is 28.1. The quantitative estimate of drug-likeness (QED) is 0.120. The minimum absolute atomic E-state index is 0.0598. The molecule has 0 aliphatic heterocycles. The first-order chi connectivity index (χ1) is 16.3. The highest BCUT2D eigenvalue weighted by atomic mass is 16.5. The summed E-state index contributed by atoms with van der Waals surface area (Å²) in [5.41, 5.74) is 18.8. The third kappa shape index (κ3) is 6.08. The lowest BCUT2D eigenvalue weighted by Crippen LogP contribution is -2.23. The number of fused-ring (bicyclic) bond motifs is 1. The van der Waals surface area contributed by atoms with Crippen molar-refractivity contribution in [3.05, 3.63) is 71.3 Å². The fourth-order valence-electron chi connectivity index (χ4n) is 3.35. The lowest BCUT2D eigenvalue weighted by Gasteiger charge is -2.14. The van der Waals surface area contributed by atoms with E-state index in [0.717, 1.165) is 10.8 Å². The van der Waals surface area contributed by atoms with Gasteiger partial charge in [0.1, 0.15) is 11.6 Å². The third-order valence-corrected chi connectivity index (χ3v) is 5.00. The Morgan fingerprint density at radius 2 is 1.71 bits per heavy atom. The van der Waals surface area contributed by atoms with Crippen LogP contribution in [0.25, 0.3) is 10.8 Å². The first-order valence-corrected chi connectivity index (χ1v) is 10.5. The van der Waals surface area contributed by atoms with Gasteiger partial charge in [0.25, 0.3) is 0 Å². The molecule has 0 aliphatic rings. The number of aliphatic hydroxyl groups is 1. The molecule has 0 atom stereocenters. The molecule has 0 aromatic heterocycles. The molecule has 0 radical (unpaired) electrons. The van der Waals surface area contributed by atoms with Crippen molar-refractivity contribution in [2.75, 3.05) is 18.5 Å². The lowest BCUT2D eigenvalue weighted by molar-refractivity contribution is -0.117. The molecule has 0 saturated carbocycles. The van der Waals surface area contributed by atoms with Gasteiger partial charge in [-0.1, -0.05) is 18.2 Å². The van der Waals surface area contributed by atoms with E-state index in [1.54, 1.807) is 54.6 Å². The topological polar surface area (TPSA) is 190 Å². The lowest BCUT2D eigenvalue weighted by atomic mass is 9.97. The summed E-state index contributed by atoms with van der Waals surface area (Å²) < 4.78 is 5.67. The van der Waals surface area contributed by atoms with Crippen LogP contribution in [0.5, 0.6) is 5.75 Å². The van der Waals surface area contributed by atoms with Crippen LogP contribution in [-0.2, 0) is 11.2 Å². The fourth-order valence-corrected chi connectivity index (χ4v) is 3.35. The first-order valence-electron chi connectivity index (χ1n) is 10.5. The van der Waals surface area contributed by atoms with Crippen LogP contribution in [0.3, 0.4) is 0 Å². The Morgan fingerprint density at radius 3 is 2.35 bits per heavy atom. The van der Waals surface area contributed by atoms with E-state index in [1.165, 1.54) is 0 Å². The Bertz CT molecular complexity index is 1250. The number of aryl methyl sites for hydroxylation is 1. The van der Waals surface area contributed by atoms with Gasteiger partial charge in [-0.25, -0.2) is 4.79 Å². The second kappa shape index (κ2) is 10.9. The summed E-state index contributed by atoms with van der Waals surface area (Å²) in [6, 6.07) is 15.1. The van der Waals surface area contributed by atoms with E-state index < -0.39 is 11.9 Å². The number of hydrogen-bond donors (Lipinski definition) is 6. The molecule has 0 spiro atoms. The zero-order chi connectivity index (χ0) is 24.7. The molecule has 0 bridgehead atoms. The number of carbonyl (C=O) groups is 2. The van der Waals surface area contributed by atoms with Gasteiger partial charge in [0, 0.05) is 23.2 Å². The molecule has 3 rings (SSSR count). The number of esters is 1. The smallest absolute Gasteiger partial charge is 0.343 e. The maximum Gasteiger partial charge on any atom is 0.343 e. The summed E-state index contributed by atoms with van der Waals surface area (Å²) >= 11 is 0. The van der Waals surface area contributed by atoms with Crippen molar-refractivity contribution in [3.63, 3.8) is 0 Å². The van der Waals surface area contributed by atoms with Gasteiger partial charge in [0.2, 0.25) is 5.91 Å². The summed E-state index contributed by atoms with van der Waals surface area (Å²) in [5.74, 6) is -0.645. The molecular formula is C24H26N6O4. The minimum atomic E-state index is -0.575. The number of aliphatic hydroxyl groups excluding tert-OH is 1. The van der Waals surface area contributed by atoms with E-state index in [4.69, 9.17) is 32.5 Å². The molecule has 9 N–H and O–H groups in total. The highest BCUT2D eigenvalue weighted by Gasteiger charge is 2.16. The number of carbonyl (C=O) groups excluding carboxylic acids is 2. The number of primary amides is 1. The Kier molecular flexibility index (Phi) is 7.78. The van der Waals surface area contributed by atoms with Crippen molar-refractivity contribution in [1.82, 2.24) is 0 Å². The normalized spacial score (nSPS) is 11.3. The largest absolute Gasteiger partial charge is 0.423 e. The number of hydrogen-bond acceptors (Lipinski definition) is 6. The second-order valence-electron chi connectivity index (χ2n) is 7.44. The monoisotopic (exact) mass is 462 g/mol. The molecule has 0 heterocycles. The van der Waals surface area contributed by atoms with Crippen LogP contribution in [0.15, 0.2) is 59.6 Å². The number of ether oxygens (including phenoxy) is 1. The van der Waals surface area contributed by atoms with Gasteiger partial charge in [-0.2, -0.15) is 0 Å². The number of benzene rings is 3. The number of nitrogens with zero attached hydrogens (tertiary/aromatic N) is 1. The van der Waals surface area contributed by atoms with E-state index in [0.29, 0.717) is 28.1 Å². The molecule has 0 saturated heterocycles. The van der Waals surface area contributed by atoms with Crippen molar-refractivity contribution < 1.29 is 19.4 Å². The van der Waals surface area contributed by atoms with E-state index in [9.17, 15) is 9.59 Å². The molecule has 0 unspecified atom stereocenters. The van der Waals surface area contributed by atoms with Crippen molar-refractivity contribution in [1.29, 1.82) is 5.41 Å². The zero-order valence-electron chi connectivity index (χ0n) is 18.4. The maximum absolute atomic E-state index is 12.8. The molecule has 10 heteroatoms. The van der Waals surface area contributed by atoms with Gasteiger partial charge in [-0.15, -0.1) is 0 Å². The number of anilines is 1. The van der Waals surface area contributed by atoms with Crippen molar-refractivity contribution in [3.8, 4) is 5.75 Å².